The SMILES string of the molecule is CCCCCCCCCCCCCCCC(=O)C[C@@H](CCC(=O)NCCOCCOCC(=O)NCCCC[C@H](CC(=O)C(C)(C)CC(=O)[C@@H](N)Cc1cnc[nH]1)C(=O)CNCC(=O)O)C(=O)O. The summed E-state index contributed by atoms with van der Waals surface area (Å²) in [6.45, 7) is 5.63. The molecular weight excluding hydrogens is 865 g/mol. The van der Waals surface area contributed by atoms with Gasteiger partial charge in [-0.15, -0.1) is 0 Å². The van der Waals surface area contributed by atoms with Crippen molar-refractivity contribution in [2.24, 2.45) is 23.0 Å². The molecule has 18 heteroatoms. The van der Waals surface area contributed by atoms with Crippen LogP contribution in [0.5, 0.6) is 0 Å². The maximum Gasteiger partial charge on any atom is 0.317 e. The molecule has 1 heterocycles. The van der Waals surface area contributed by atoms with Crippen molar-refractivity contribution in [3.05, 3.63) is 18.2 Å². The molecule has 1 aromatic heterocycles. The minimum absolute atomic E-state index is 0.0160. The molecule has 1 rings (SSSR count). The Labute approximate surface area is 398 Å². The number of aromatic amines is 1. The van der Waals surface area contributed by atoms with Crippen LogP contribution in [-0.2, 0) is 54.3 Å². The number of carboxylic acid groups (broad SMARTS) is 2. The van der Waals surface area contributed by atoms with Crippen LogP contribution in [0.4, 0.5) is 0 Å². The zero-order valence-electron chi connectivity index (χ0n) is 40.8. The van der Waals surface area contributed by atoms with E-state index in [-0.39, 0.29) is 113 Å². The number of nitrogens with one attached hydrogen (secondary N) is 4. The molecule has 1 aromatic rings. The van der Waals surface area contributed by atoms with E-state index >= 15 is 0 Å². The average molecular weight is 949 g/mol. The number of aromatic nitrogens is 2. The van der Waals surface area contributed by atoms with E-state index in [4.69, 9.17) is 20.3 Å². The van der Waals surface area contributed by atoms with Crippen molar-refractivity contribution in [2.75, 3.05) is 52.6 Å². The van der Waals surface area contributed by atoms with Gasteiger partial charge in [0.2, 0.25) is 11.8 Å². The van der Waals surface area contributed by atoms with E-state index in [2.05, 4.69) is 32.8 Å². The number of imidazole rings is 1. The molecular formula is C49H84N6O12. The first-order chi connectivity index (χ1) is 32.0. The fourth-order valence-electron chi connectivity index (χ4n) is 7.59. The molecule has 0 unspecified atom stereocenters. The summed E-state index contributed by atoms with van der Waals surface area (Å²) in [5, 5.41) is 26.6. The normalized spacial score (nSPS) is 12.8. The van der Waals surface area contributed by atoms with E-state index in [0.717, 1.165) is 19.3 Å². The van der Waals surface area contributed by atoms with Gasteiger partial charge in [0.05, 0.1) is 51.2 Å². The summed E-state index contributed by atoms with van der Waals surface area (Å²) in [7, 11) is 0. The molecule has 0 fully saturated rings. The number of hydrogen-bond donors (Lipinski definition) is 7. The number of carbonyl (C=O) groups is 8. The first kappa shape index (κ1) is 60.6. The fourth-order valence-corrected chi connectivity index (χ4v) is 7.59. The van der Waals surface area contributed by atoms with Gasteiger partial charge in [-0.1, -0.05) is 104 Å². The molecule has 0 aliphatic rings. The van der Waals surface area contributed by atoms with Crippen LogP contribution in [0.2, 0.25) is 0 Å². The Bertz CT molecular complexity index is 1590. The molecule has 0 saturated carbocycles. The fraction of sp³-hybridized carbons (Fsp3) is 0.776. The first-order valence-electron chi connectivity index (χ1n) is 24.7. The summed E-state index contributed by atoms with van der Waals surface area (Å²) < 4.78 is 10.8. The van der Waals surface area contributed by atoms with E-state index in [1.165, 1.54) is 70.5 Å². The molecule has 0 aromatic carbocycles. The number of rotatable bonds is 46. The molecule has 0 radical (unpaired) electrons. The third-order valence-electron chi connectivity index (χ3n) is 11.8. The number of unbranched alkanes of at least 4 members (excludes halogenated alkanes) is 13. The Morgan fingerprint density at radius 1 is 0.701 bits per heavy atom. The van der Waals surface area contributed by atoms with Gasteiger partial charge in [-0.3, -0.25) is 38.4 Å². The van der Waals surface area contributed by atoms with Gasteiger partial charge in [0.25, 0.3) is 0 Å². The van der Waals surface area contributed by atoms with Crippen molar-refractivity contribution < 1.29 is 58.0 Å². The number of aliphatic carboxylic acids is 2. The monoisotopic (exact) mass is 949 g/mol. The number of ketones is 4. The van der Waals surface area contributed by atoms with E-state index in [0.29, 0.717) is 37.9 Å². The van der Waals surface area contributed by atoms with Crippen LogP contribution in [0.1, 0.15) is 168 Å². The van der Waals surface area contributed by atoms with E-state index < -0.39 is 41.8 Å². The summed E-state index contributed by atoms with van der Waals surface area (Å²) in [4.78, 5) is 106. The largest absolute Gasteiger partial charge is 0.481 e. The van der Waals surface area contributed by atoms with Gasteiger partial charge in [-0.25, -0.2) is 4.98 Å². The van der Waals surface area contributed by atoms with Crippen molar-refractivity contribution in [3.8, 4) is 0 Å². The zero-order chi connectivity index (χ0) is 49.7. The van der Waals surface area contributed by atoms with Crippen LogP contribution in [0.25, 0.3) is 0 Å². The van der Waals surface area contributed by atoms with Crippen LogP contribution in [0, 0.1) is 17.3 Å². The maximum atomic E-state index is 13.4. The highest BCUT2D eigenvalue weighted by atomic mass is 16.5. The lowest BCUT2D eigenvalue weighted by Gasteiger charge is -2.26. The average Bonchev–Trinajstić information content (AvgIpc) is 3.79. The van der Waals surface area contributed by atoms with Gasteiger partial charge in [0.15, 0.2) is 5.78 Å². The van der Waals surface area contributed by atoms with Crippen LogP contribution >= 0.6 is 0 Å². The number of nitrogens with two attached hydrogens (primary N) is 1. The van der Waals surface area contributed by atoms with Crippen molar-refractivity contribution in [1.29, 1.82) is 0 Å². The predicted molar refractivity (Wildman–Crippen MR) is 254 cm³/mol. The lowest BCUT2D eigenvalue weighted by molar-refractivity contribution is -0.144. The minimum atomic E-state index is -1.12. The Kier molecular flexibility index (Phi) is 34.0. The van der Waals surface area contributed by atoms with Crippen LogP contribution < -0.4 is 21.7 Å². The number of carbonyl (C=O) groups excluding carboxylic acids is 6. The number of ether oxygens (including phenoxy) is 2. The third kappa shape index (κ3) is 32.1. The molecule has 67 heavy (non-hydrogen) atoms. The van der Waals surface area contributed by atoms with Gasteiger partial charge in [0.1, 0.15) is 24.0 Å². The summed E-state index contributed by atoms with van der Waals surface area (Å²) in [6.07, 6.45) is 20.4. The van der Waals surface area contributed by atoms with Crippen molar-refractivity contribution >= 4 is 46.9 Å². The third-order valence-corrected chi connectivity index (χ3v) is 11.8. The van der Waals surface area contributed by atoms with Crippen molar-refractivity contribution in [1.82, 2.24) is 25.9 Å². The number of H-pyrrole nitrogens is 1. The molecule has 382 valence electrons. The molecule has 0 saturated heterocycles. The van der Waals surface area contributed by atoms with E-state index in [1.54, 1.807) is 20.0 Å². The second-order valence-corrected chi connectivity index (χ2v) is 18.4. The van der Waals surface area contributed by atoms with E-state index in [9.17, 15) is 43.5 Å². The number of carboxylic acids is 2. The molecule has 8 N–H and O–H groups in total. The zero-order valence-corrected chi connectivity index (χ0v) is 40.8. The highest BCUT2D eigenvalue weighted by Gasteiger charge is 2.35. The molecule has 3 atom stereocenters. The van der Waals surface area contributed by atoms with Gasteiger partial charge < -0.3 is 46.4 Å². The Morgan fingerprint density at radius 3 is 1.94 bits per heavy atom. The number of amides is 2. The Morgan fingerprint density at radius 2 is 1.33 bits per heavy atom. The van der Waals surface area contributed by atoms with Gasteiger partial charge in [-0.05, 0) is 25.7 Å². The van der Waals surface area contributed by atoms with Gasteiger partial charge in [-0.2, -0.15) is 0 Å². The van der Waals surface area contributed by atoms with Crippen LogP contribution in [0.3, 0.4) is 0 Å². The summed E-state index contributed by atoms with van der Waals surface area (Å²) in [5.41, 5.74) is 5.69. The Hall–Kier alpha value is -4.39. The summed E-state index contributed by atoms with van der Waals surface area (Å²) >= 11 is 0. The van der Waals surface area contributed by atoms with E-state index in [1.807, 2.05) is 0 Å². The highest BCUT2D eigenvalue weighted by molar-refractivity contribution is 5.95. The maximum absolute atomic E-state index is 13.4. The summed E-state index contributed by atoms with van der Waals surface area (Å²) in [5.74, 6) is -5.48. The van der Waals surface area contributed by atoms with Crippen LogP contribution in [-0.4, -0.2) is 126 Å². The second kappa shape index (κ2) is 37.6. The number of hydrogen-bond acceptors (Lipinski definition) is 13. The molecule has 2 amide bonds. The number of nitrogens with zero attached hydrogens (tertiary/aromatic N) is 1. The highest BCUT2D eigenvalue weighted by Crippen LogP contribution is 2.28. The molecule has 0 spiro atoms. The topological polar surface area (TPSA) is 286 Å². The minimum Gasteiger partial charge on any atom is -0.481 e. The molecule has 0 aliphatic carbocycles. The van der Waals surface area contributed by atoms with Crippen molar-refractivity contribution in [3.63, 3.8) is 0 Å². The van der Waals surface area contributed by atoms with Gasteiger partial charge in [0, 0.05) is 74.8 Å². The number of Topliss-reactive ketones (excluding diaryl/α,β-unsaturated/α-hetero) is 4. The Balaban J connectivity index is 2.23. The predicted octanol–water partition coefficient (Wildman–Crippen LogP) is 5.44. The second-order valence-electron chi connectivity index (χ2n) is 18.4. The van der Waals surface area contributed by atoms with Gasteiger partial charge >= 0.3 is 11.9 Å². The van der Waals surface area contributed by atoms with Crippen LogP contribution in [0.15, 0.2) is 12.5 Å². The standard InChI is InChI=1S/C49H84N6O12/c1-4-5-6-7-8-9-10-11-12-13-14-15-16-20-40(56)28-38(48(64)65)21-22-45(60)54-24-25-66-26-27-67-35-46(61)53-23-18-17-19-37(43(58)33-51-34-47(62)63)29-44(59)49(2,3)31-42(57)41(50)30-39-32-52-36-55-39/h32,36-38,41,51H,4-31,33-35,50H2,1-3H3,(H,52,55)(H,53,61)(H,54,60)(H,62,63)(H,64,65)/t37-,38-,41+/m1/s1. The summed E-state index contributed by atoms with van der Waals surface area (Å²) in [6, 6.07) is -0.834. The lowest BCUT2D eigenvalue weighted by Crippen LogP contribution is -2.39. The molecule has 0 bridgehead atoms. The first-order valence-corrected chi connectivity index (χ1v) is 24.7. The van der Waals surface area contributed by atoms with Crippen molar-refractivity contribution in [2.45, 2.75) is 174 Å². The lowest BCUT2D eigenvalue weighted by atomic mass is 9.76. The molecule has 18 nitrogen and oxygen atoms in total. The molecule has 0 aliphatic heterocycles. The quantitative estimate of drug-likeness (QED) is 0.0401. The smallest absolute Gasteiger partial charge is 0.317 e.